The van der Waals surface area contributed by atoms with Crippen LogP contribution in [0.5, 0.6) is 0 Å². The molecule has 0 heterocycles. The zero-order chi connectivity index (χ0) is 9.07. The second-order valence-electron chi connectivity index (χ2n) is 2.24. The third-order valence-corrected chi connectivity index (χ3v) is 1.15. The summed E-state index contributed by atoms with van der Waals surface area (Å²) in [5.41, 5.74) is 8.11. The van der Waals surface area contributed by atoms with Gasteiger partial charge in [0.25, 0.3) is 0 Å². The summed E-state index contributed by atoms with van der Waals surface area (Å²) in [4.78, 5) is 20.2. The van der Waals surface area contributed by atoms with Crippen molar-refractivity contribution in [1.29, 1.82) is 0 Å². The molecule has 0 aromatic rings. The number of carboxylic acids is 2. The molecule has 0 fully saturated rings. The minimum Gasteiger partial charge on any atom is -0.481 e. The highest BCUT2D eigenvalue weighted by Gasteiger charge is 2.28. The largest absolute Gasteiger partial charge is 0.481 e. The van der Waals surface area contributed by atoms with Gasteiger partial charge in [0.2, 0.25) is 0 Å². The normalized spacial score (nSPS) is 11.1. The fraction of sp³-hybridized carbons (Fsp3) is 0.600. The highest BCUT2D eigenvalue weighted by atomic mass is 16.4. The number of carbonyl (C=O) groups is 2. The summed E-state index contributed by atoms with van der Waals surface area (Å²) >= 11 is 0. The molecule has 0 amide bonds. The smallest absolute Gasteiger partial charge is 0.338 e. The number of hydrogen-bond donors (Lipinski definition) is 4. The Morgan fingerprint density at radius 3 is 2.00 bits per heavy atom. The fourth-order valence-corrected chi connectivity index (χ4v) is 0.421. The molecule has 0 spiro atoms. The summed E-state index contributed by atoms with van der Waals surface area (Å²) in [6.45, 7) is 0. The van der Waals surface area contributed by atoms with Crippen molar-refractivity contribution in [2.45, 2.75) is 18.5 Å². The first-order chi connectivity index (χ1) is 4.86. The number of nitrogens with two attached hydrogens (primary N) is 2. The molecule has 6 nitrogen and oxygen atoms in total. The average molecular weight is 162 g/mol. The van der Waals surface area contributed by atoms with Gasteiger partial charge >= 0.3 is 11.9 Å². The standard InChI is InChI=1S/C5H10N2O4/c6-5(7,4(10)11)2-1-3(8)9/h1-2,6-7H2,(H,8,9)(H,10,11). The van der Waals surface area contributed by atoms with E-state index in [0.717, 1.165) is 0 Å². The van der Waals surface area contributed by atoms with Crippen LogP contribution >= 0.6 is 0 Å². The van der Waals surface area contributed by atoms with Gasteiger partial charge in [0, 0.05) is 6.42 Å². The van der Waals surface area contributed by atoms with Crippen LogP contribution in [0, 0.1) is 0 Å². The Morgan fingerprint density at radius 1 is 1.27 bits per heavy atom. The van der Waals surface area contributed by atoms with Crippen LogP contribution in [0.2, 0.25) is 0 Å². The molecule has 0 rings (SSSR count). The Bertz CT molecular complexity index is 177. The molecule has 0 saturated heterocycles. The summed E-state index contributed by atoms with van der Waals surface area (Å²) in [7, 11) is 0. The Morgan fingerprint density at radius 2 is 1.73 bits per heavy atom. The first kappa shape index (κ1) is 9.86. The SMILES string of the molecule is NC(N)(CCC(=O)O)C(=O)O. The monoisotopic (exact) mass is 162 g/mol. The quantitative estimate of drug-likeness (QED) is 0.374. The molecule has 0 atom stereocenters. The van der Waals surface area contributed by atoms with Crippen molar-refractivity contribution in [2.75, 3.05) is 0 Å². The molecule has 11 heavy (non-hydrogen) atoms. The Kier molecular flexibility index (Phi) is 2.97. The van der Waals surface area contributed by atoms with Gasteiger partial charge in [-0.1, -0.05) is 0 Å². The molecule has 64 valence electrons. The van der Waals surface area contributed by atoms with E-state index in [4.69, 9.17) is 21.7 Å². The molecule has 0 saturated carbocycles. The second kappa shape index (κ2) is 3.31. The maximum absolute atomic E-state index is 10.2. The highest BCUT2D eigenvalue weighted by molar-refractivity contribution is 5.78. The number of hydrogen-bond acceptors (Lipinski definition) is 4. The van der Waals surface area contributed by atoms with Crippen LogP contribution < -0.4 is 11.5 Å². The first-order valence-corrected chi connectivity index (χ1v) is 2.89. The van der Waals surface area contributed by atoms with Crippen molar-refractivity contribution in [3.05, 3.63) is 0 Å². The van der Waals surface area contributed by atoms with Crippen molar-refractivity contribution in [3.8, 4) is 0 Å². The van der Waals surface area contributed by atoms with Crippen LogP contribution in [0.15, 0.2) is 0 Å². The zero-order valence-electron chi connectivity index (χ0n) is 5.78. The van der Waals surface area contributed by atoms with E-state index in [2.05, 4.69) is 0 Å². The summed E-state index contributed by atoms with van der Waals surface area (Å²) in [6, 6.07) is 0. The van der Waals surface area contributed by atoms with E-state index in [9.17, 15) is 9.59 Å². The third kappa shape index (κ3) is 3.54. The van der Waals surface area contributed by atoms with Gasteiger partial charge in [-0.25, -0.2) is 4.79 Å². The minimum atomic E-state index is -1.93. The van der Waals surface area contributed by atoms with Gasteiger partial charge in [0.15, 0.2) is 5.66 Å². The van der Waals surface area contributed by atoms with Crippen LogP contribution in [-0.2, 0) is 9.59 Å². The molecule has 6 N–H and O–H groups in total. The van der Waals surface area contributed by atoms with Crippen LogP contribution in [0.25, 0.3) is 0 Å². The van der Waals surface area contributed by atoms with Crippen LogP contribution in [0.3, 0.4) is 0 Å². The molecular weight excluding hydrogens is 152 g/mol. The number of aliphatic carboxylic acids is 2. The third-order valence-electron chi connectivity index (χ3n) is 1.15. The Hall–Kier alpha value is -1.14. The van der Waals surface area contributed by atoms with Gasteiger partial charge in [0.05, 0.1) is 0 Å². The molecule has 0 aliphatic carbocycles. The maximum atomic E-state index is 10.2. The Labute approximate surface area is 62.8 Å². The number of rotatable bonds is 4. The van der Waals surface area contributed by atoms with Crippen molar-refractivity contribution < 1.29 is 19.8 Å². The van der Waals surface area contributed by atoms with Gasteiger partial charge in [-0.05, 0) is 6.42 Å². The van der Waals surface area contributed by atoms with Crippen molar-refractivity contribution >= 4 is 11.9 Å². The van der Waals surface area contributed by atoms with Gasteiger partial charge < -0.3 is 21.7 Å². The lowest BCUT2D eigenvalue weighted by Gasteiger charge is -2.16. The van der Waals surface area contributed by atoms with E-state index >= 15 is 0 Å². The maximum Gasteiger partial charge on any atom is 0.338 e. The molecule has 6 heteroatoms. The van der Waals surface area contributed by atoms with E-state index in [1.807, 2.05) is 0 Å². The van der Waals surface area contributed by atoms with Crippen molar-refractivity contribution in [2.24, 2.45) is 11.5 Å². The molecule has 0 aromatic heterocycles. The van der Waals surface area contributed by atoms with Crippen LogP contribution in [-0.4, -0.2) is 27.8 Å². The van der Waals surface area contributed by atoms with E-state index in [1.54, 1.807) is 0 Å². The van der Waals surface area contributed by atoms with E-state index in [1.165, 1.54) is 0 Å². The van der Waals surface area contributed by atoms with Gasteiger partial charge in [0.1, 0.15) is 0 Å². The van der Waals surface area contributed by atoms with Crippen LogP contribution in [0.4, 0.5) is 0 Å². The summed E-state index contributed by atoms with van der Waals surface area (Å²) in [6.07, 6.45) is -0.628. The molecule has 0 aliphatic rings. The number of carboxylic acid groups (broad SMARTS) is 2. The zero-order valence-corrected chi connectivity index (χ0v) is 5.78. The van der Waals surface area contributed by atoms with Crippen LogP contribution in [0.1, 0.15) is 12.8 Å². The second-order valence-corrected chi connectivity index (χ2v) is 2.24. The lowest BCUT2D eigenvalue weighted by Crippen LogP contribution is -2.56. The predicted octanol–water partition coefficient (Wildman–Crippen LogP) is -1.45. The fourth-order valence-electron chi connectivity index (χ4n) is 0.421. The molecule has 0 aliphatic heterocycles. The van der Waals surface area contributed by atoms with Gasteiger partial charge in [-0.3, -0.25) is 4.79 Å². The highest BCUT2D eigenvalue weighted by Crippen LogP contribution is 2.01. The predicted molar refractivity (Wildman–Crippen MR) is 35.6 cm³/mol. The minimum absolute atomic E-state index is 0.280. The lowest BCUT2D eigenvalue weighted by atomic mass is 10.1. The average Bonchev–Trinajstić information content (AvgIpc) is 1.84. The summed E-state index contributed by atoms with van der Waals surface area (Å²) in [5, 5.41) is 16.5. The van der Waals surface area contributed by atoms with Crippen molar-refractivity contribution in [3.63, 3.8) is 0 Å². The molecule has 0 bridgehead atoms. The summed E-state index contributed by atoms with van der Waals surface area (Å²) < 4.78 is 0. The van der Waals surface area contributed by atoms with Gasteiger partial charge in [-0.2, -0.15) is 0 Å². The van der Waals surface area contributed by atoms with E-state index in [0.29, 0.717) is 0 Å². The van der Waals surface area contributed by atoms with E-state index < -0.39 is 17.6 Å². The van der Waals surface area contributed by atoms with Gasteiger partial charge in [-0.15, -0.1) is 0 Å². The molecular formula is C5H10N2O4. The van der Waals surface area contributed by atoms with E-state index in [-0.39, 0.29) is 12.8 Å². The lowest BCUT2D eigenvalue weighted by molar-refractivity contribution is -0.144. The Balaban J connectivity index is 3.92. The molecule has 0 unspecified atom stereocenters. The topological polar surface area (TPSA) is 127 Å². The summed E-state index contributed by atoms with van der Waals surface area (Å²) in [5.74, 6) is -2.52. The van der Waals surface area contributed by atoms with Crippen molar-refractivity contribution in [1.82, 2.24) is 0 Å². The molecule has 0 aromatic carbocycles. The first-order valence-electron chi connectivity index (χ1n) is 2.89. The molecule has 0 radical (unpaired) electrons.